The number of carbonyl (C=O) groups is 2. The molecule has 2 unspecified atom stereocenters. The zero-order valence-corrected chi connectivity index (χ0v) is 9.99. The van der Waals surface area contributed by atoms with E-state index in [4.69, 9.17) is 5.11 Å². The molecule has 5 heteroatoms. The molecule has 0 aromatic heterocycles. The summed E-state index contributed by atoms with van der Waals surface area (Å²) in [6, 6.07) is -1.53. The average Bonchev–Trinajstić information content (AvgIpc) is 2.24. The fraction of sp³-hybridized carbons (Fsp3) is 0.636. The molecule has 0 heterocycles. The van der Waals surface area contributed by atoms with Crippen molar-refractivity contribution < 1.29 is 14.7 Å². The molecule has 0 aromatic carbocycles. The molecule has 5 nitrogen and oxygen atoms in total. The van der Waals surface area contributed by atoms with E-state index in [1.54, 1.807) is 19.9 Å². The smallest absolute Gasteiger partial charge is 0.326 e. The summed E-state index contributed by atoms with van der Waals surface area (Å²) in [5, 5.41) is 13.9. The van der Waals surface area contributed by atoms with E-state index < -0.39 is 18.0 Å². The van der Waals surface area contributed by atoms with Gasteiger partial charge < -0.3 is 15.7 Å². The highest BCUT2D eigenvalue weighted by atomic mass is 16.4. The molecule has 3 atom stereocenters. The van der Waals surface area contributed by atoms with E-state index in [9.17, 15) is 9.59 Å². The maximum Gasteiger partial charge on any atom is 0.326 e. The molecule has 0 saturated carbocycles. The second-order valence-corrected chi connectivity index (χ2v) is 3.84. The predicted octanol–water partition coefficient (Wildman–Crippen LogP) is 1.36. The van der Waals surface area contributed by atoms with Gasteiger partial charge in [0, 0.05) is 6.04 Å². The van der Waals surface area contributed by atoms with Gasteiger partial charge in [-0.1, -0.05) is 26.3 Å². The van der Waals surface area contributed by atoms with Gasteiger partial charge in [0.1, 0.15) is 6.04 Å². The third kappa shape index (κ3) is 4.82. The fourth-order valence-corrected chi connectivity index (χ4v) is 1.13. The van der Waals surface area contributed by atoms with Gasteiger partial charge in [0.2, 0.25) is 0 Å². The van der Waals surface area contributed by atoms with Crippen molar-refractivity contribution in [1.29, 1.82) is 0 Å². The van der Waals surface area contributed by atoms with Crippen molar-refractivity contribution in [2.75, 3.05) is 0 Å². The van der Waals surface area contributed by atoms with Gasteiger partial charge in [0.25, 0.3) is 0 Å². The lowest BCUT2D eigenvalue weighted by atomic mass is 9.99. The molecule has 0 fully saturated rings. The van der Waals surface area contributed by atoms with Crippen molar-refractivity contribution in [2.24, 2.45) is 5.92 Å². The van der Waals surface area contributed by atoms with Gasteiger partial charge in [-0.2, -0.15) is 0 Å². The van der Waals surface area contributed by atoms with Crippen LogP contribution in [-0.2, 0) is 4.79 Å². The second kappa shape index (κ2) is 6.87. The minimum Gasteiger partial charge on any atom is -0.480 e. The van der Waals surface area contributed by atoms with Gasteiger partial charge >= 0.3 is 12.0 Å². The maximum absolute atomic E-state index is 11.4. The molecule has 0 saturated heterocycles. The Labute approximate surface area is 95.9 Å². The number of hydrogen-bond acceptors (Lipinski definition) is 2. The van der Waals surface area contributed by atoms with E-state index in [0.29, 0.717) is 6.42 Å². The minimum absolute atomic E-state index is 0.109. The third-order valence-electron chi connectivity index (χ3n) is 2.48. The predicted molar refractivity (Wildman–Crippen MR) is 62.2 cm³/mol. The van der Waals surface area contributed by atoms with Gasteiger partial charge in [-0.05, 0) is 12.8 Å². The molecule has 0 bridgehead atoms. The lowest BCUT2D eigenvalue weighted by Crippen LogP contribution is -2.50. The molecule has 16 heavy (non-hydrogen) atoms. The Morgan fingerprint density at radius 2 is 1.94 bits per heavy atom. The summed E-state index contributed by atoms with van der Waals surface area (Å²) in [4.78, 5) is 22.3. The molecule has 3 N–H and O–H groups in total. The van der Waals surface area contributed by atoms with E-state index in [0.717, 1.165) is 0 Å². The standard InChI is InChI=1S/C11H20N2O3/c1-5-7(3)9(10(14)15)13-11(16)12-8(4)6-2/h6-9H,2,5H2,1,3-4H3,(H,14,15)(H2,12,13,16)/t7?,8?,9-/m0/s1. The largest absolute Gasteiger partial charge is 0.480 e. The number of hydrogen-bond donors (Lipinski definition) is 3. The van der Waals surface area contributed by atoms with Crippen LogP contribution < -0.4 is 10.6 Å². The Balaban J connectivity index is 4.35. The minimum atomic E-state index is -1.02. The number of amides is 2. The summed E-state index contributed by atoms with van der Waals surface area (Å²) < 4.78 is 0. The number of carbonyl (C=O) groups excluding carboxylic acids is 1. The topological polar surface area (TPSA) is 78.4 Å². The molecule has 0 aliphatic heterocycles. The van der Waals surface area contributed by atoms with E-state index in [2.05, 4.69) is 17.2 Å². The first-order chi connectivity index (χ1) is 7.42. The molecule has 0 aliphatic rings. The number of aliphatic carboxylic acids is 1. The summed E-state index contributed by atoms with van der Waals surface area (Å²) in [6.45, 7) is 8.95. The number of nitrogens with one attached hydrogen (secondary N) is 2. The summed E-state index contributed by atoms with van der Waals surface area (Å²) in [7, 11) is 0. The average molecular weight is 228 g/mol. The monoisotopic (exact) mass is 228 g/mol. The Morgan fingerprint density at radius 3 is 2.31 bits per heavy atom. The molecular formula is C11H20N2O3. The van der Waals surface area contributed by atoms with Crippen LogP contribution in [-0.4, -0.2) is 29.2 Å². The van der Waals surface area contributed by atoms with Crippen LogP contribution in [0.4, 0.5) is 4.79 Å². The van der Waals surface area contributed by atoms with E-state index in [1.807, 2.05) is 6.92 Å². The first-order valence-corrected chi connectivity index (χ1v) is 5.34. The highest BCUT2D eigenvalue weighted by Gasteiger charge is 2.25. The number of carboxylic acids is 1. The Kier molecular flexibility index (Phi) is 6.22. The Hall–Kier alpha value is -1.52. The Morgan fingerprint density at radius 1 is 1.38 bits per heavy atom. The lowest BCUT2D eigenvalue weighted by Gasteiger charge is -2.21. The van der Waals surface area contributed by atoms with Crippen molar-refractivity contribution >= 4 is 12.0 Å². The SMILES string of the molecule is C=CC(C)NC(=O)N[C@H](C(=O)O)C(C)CC. The van der Waals surface area contributed by atoms with Crippen LogP contribution in [0, 0.1) is 5.92 Å². The van der Waals surface area contributed by atoms with Crippen LogP contribution in [0.3, 0.4) is 0 Å². The zero-order chi connectivity index (χ0) is 12.7. The van der Waals surface area contributed by atoms with Gasteiger partial charge in [0.15, 0.2) is 0 Å². The molecule has 0 spiro atoms. The van der Waals surface area contributed by atoms with Crippen LogP contribution in [0.5, 0.6) is 0 Å². The number of carboxylic acid groups (broad SMARTS) is 1. The van der Waals surface area contributed by atoms with Crippen LogP contribution in [0.25, 0.3) is 0 Å². The van der Waals surface area contributed by atoms with Crippen LogP contribution in [0.15, 0.2) is 12.7 Å². The first kappa shape index (κ1) is 14.5. The quantitative estimate of drug-likeness (QED) is 0.601. The highest BCUT2D eigenvalue weighted by Crippen LogP contribution is 2.07. The molecule has 92 valence electrons. The summed E-state index contributed by atoms with van der Waals surface area (Å²) >= 11 is 0. The van der Waals surface area contributed by atoms with Crippen molar-refractivity contribution in [3.05, 3.63) is 12.7 Å². The van der Waals surface area contributed by atoms with Crippen molar-refractivity contribution in [1.82, 2.24) is 10.6 Å². The van der Waals surface area contributed by atoms with Gasteiger partial charge in [0.05, 0.1) is 0 Å². The molecule has 0 aliphatic carbocycles. The molecule has 2 amide bonds. The molecule has 0 radical (unpaired) electrons. The normalized spacial score (nSPS) is 15.7. The summed E-state index contributed by atoms with van der Waals surface area (Å²) in [5.41, 5.74) is 0. The Bertz CT molecular complexity index is 266. The third-order valence-corrected chi connectivity index (χ3v) is 2.48. The van der Waals surface area contributed by atoms with E-state index >= 15 is 0 Å². The van der Waals surface area contributed by atoms with Crippen LogP contribution in [0.2, 0.25) is 0 Å². The maximum atomic E-state index is 11.4. The fourth-order valence-electron chi connectivity index (χ4n) is 1.13. The summed E-state index contributed by atoms with van der Waals surface area (Å²) in [5.74, 6) is -1.13. The van der Waals surface area contributed by atoms with Crippen LogP contribution >= 0.6 is 0 Å². The molecule has 0 rings (SSSR count). The zero-order valence-electron chi connectivity index (χ0n) is 9.99. The second-order valence-electron chi connectivity index (χ2n) is 3.84. The van der Waals surface area contributed by atoms with Crippen LogP contribution in [0.1, 0.15) is 27.2 Å². The lowest BCUT2D eigenvalue weighted by molar-refractivity contribution is -0.140. The van der Waals surface area contributed by atoms with Crippen molar-refractivity contribution in [3.8, 4) is 0 Å². The molecule has 0 aromatic rings. The van der Waals surface area contributed by atoms with Gasteiger partial charge in [-0.15, -0.1) is 6.58 Å². The summed E-state index contributed by atoms with van der Waals surface area (Å²) in [6.07, 6.45) is 2.26. The molecular weight excluding hydrogens is 208 g/mol. The van der Waals surface area contributed by atoms with Gasteiger partial charge in [-0.25, -0.2) is 9.59 Å². The van der Waals surface area contributed by atoms with Crippen molar-refractivity contribution in [3.63, 3.8) is 0 Å². The van der Waals surface area contributed by atoms with Crippen molar-refractivity contribution in [2.45, 2.75) is 39.3 Å². The highest BCUT2D eigenvalue weighted by molar-refractivity contribution is 5.82. The first-order valence-electron chi connectivity index (χ1n) is 5.34. The number of rotatable bonds is 6. The van der Waals surface area contributed by atoms with Gasteiger partial charge in [-0.3, -0.25) is 0 Å². The van der Waals surface area contributed by atoms with E-state index in [-0.39, 0.29) is 12.0 Å². The number of urea groups is 1. The van der Waals surface area contributed by atoms with E-state index in [1.165, 1.54) is 0 Å².